The molecule has 0 aliphatic carbocycles. The Morgan fingerprint density at radius 1 is 1.07 bits per heavy atom. The van der Waals surface area contributed by atoms with Crippen LogP contribution in [0.3, 0.4) is 0 Å². The maximum Gasteiger partial charge on any atom is 0.0564 e. The number of aliphatic hydroxyl groups is 1. The van der Waals surface area contributed by atoms with Crippen LogP contribution in [0.5, 0.6) is 0 Å². The lowest BCUT2D eigenvalue weighted by molar-refractivity contribution is 0.0827. The van der Waals surface area contributed by atoms with Gasteiger partial charge in [-0.25, -0.2) is 0 Å². The van der Waals surface area contributed by atoms with Crippen molar-refractivity contribution in [2.24, 2.45) is 0 Å². The van der Waals surface area contributed by atoms with Crippen LogP contribution in [-0.2, 0) is 0 Å². The average molecular weight is 203 g/mol. The molecule has 1 aliphatic heterocycles. The van der Waals surface area contributed by atoms with E-state index >= 15 is 0 Å². The number of hydrogen-bond acceptors (Lipinski definition) is 2. The van der Waals surface area contributed by atoms with Gasteiger partial charge >= 0.3 is 0 Å². The predicted octanol–water partition coefficient (Wildman–Crippen LogP) is 2.91. The minimum Gasteiger partial charge on any atom is -0.393 e. The molecule has 2 heteroatoms. The molecule has 0 atom stereocenters. The van der Waals surface area contributed by atoms with Crippen LogP contribution in [0.2, 0.25) is 0 Å². The highest BCUT2D eigenvalue weighted by Crippen LogP contribution is 2.09. The smallest absolute Gasteiger partial charge is 0.0564 e. The normalized spacial score (nSPS) is 17.6. The van der Waals surface area contributed by atoms with Gasteiger partial charge in [-0.3, -0.25) is 0 Å². The summed E-state index contributed by atoms with van der Waals surface area (Å²) in [6.07, 6.45) is 3.16. The first-order valence-electron chi connectivity index (χ1n) is 6.23. The van der Waals surface area contributed by atoms with Crippen LogP contribution in [0.4, 0.5) is 0 Å². The van der Waals surface area contributed by atoms with E-state index in [0.29, 0.717) is 0 Å². The molecular formula is C12H29NO. The molecule has 1 aliphatic rings. The molecule has 0 spiro atoms. The highest BCUT2D eigenvalue weighted by Gasteiger charge is 2.15. The minimum absolute atomic E-state index is 0.0203. The minimum atomic E-state index is -0.0203. The Labute approximate surface area is 90.3 Å². The van der Waals surface area contributed by atoms with Gasteiger partial charge in [0, 0.05) is 13.1 Å². The first-order chi connectivity index (χ1) is 6.83. The van der Waals surface area contributed by atoms with Gasteiger partial charge in [-0.2, -0.15) is 0 Å². The maximum absolute atomic E-state index is 9.17. The third kappa shape index (κ3) is 8.52. The zero-order valence-corrected chi connectivity index (χ0v) is 10.7. The van der Waals surface area contributed by atoms with Crippen LogP contribution < -0.4 is 0 Å². The van der Waals surface area contributed by atoms with Crippen LogP contribution in [0.15, 0.2) is 0 Å². The van der Waals surface area contributed by atoms with Gasteiger partial charge in [0.1, 0.15) is 0 Å². The summed E-state index contributed by atoms with van der Waals surface area (Å²) in [5.41, 5.74) is 0. The first kappa shape index (κ1) is 16.4. The summed E-state index contributed by atoms with van der Waals surface area (Å²) in [4.78, 5) is 2.42. The second-order valence-corrected chi connectivity index (χ2v) is 3.07. The molecule has 14 heavy (non-hydrogen) atoms. The summed E-state index contributed by atoms with van der Waals surface area (Å²) >= 11 is 0. The van der Waals surface area contributed by atoms with Gasteiger partial charge in [-0.05, 0) is 25.8 Å². The van der Waals surface area contributed by atoms with E-state index in [1.165, 1.54) is 13.0 Å². The Bertz CT molecular complexity index is 88.3. The van der Waals surface area contributed by atoms with Gasteiger partial charge in [0.25, 0.3) is 0 Å². The highest BCUT2D eigenvalue weighted by atomic mass is 16.3. The second-order valence-electron chi connectivity index (χ2n) is 3.07. The fourth-order valence-corrected chi connectivity index (χ4v) is 1.46. The lowest BCUT2D eigenvalue weighted by Crippen LogP contribution is -2.36. The SMILES string of the molecule is CC.CC.CCCN1CCC(O)CC1. The Kier molecular flexibility index (Phi) is 15.1. The molecule has 1 N–H and O–H groups in total. The van der Waals surface area contributed by atoms with Crippen LogP contribution in [0, 0.1) is 0 Å². The fraction of sp³-hybridized carbons (Fsp3) is 1.00. The molecule has 1 fully saturated rings. The van der Waals surface area contributed by atoms with E-state index in [-0.39, 0.29) is 6.10 Å². The van der Waals surface area contributed by atoms with Gasteiger partial charge in [0.15, 0.2) is 0 Å². The van der Waals surface area contributed by atoms with Crippen LogP contribution in [-0.4, -0.2) is 35.7 Å². The average Bonchev–Trinajstić information content (AvgIpc) is 2.28. The van der Waals surface area contributed by atoms with E-state index in [2.05, 4.69) is 11.8 Å². The van der Waals surface area contributed by atoms with E-state index in [1.54, 1.807) is 0 Å². The van der Waals surface area contributed by atoms with Crippen molar-refractivity contribution in [2.75, 3.05) is 19.6 Å². The van der Waals surface area contributed by atoms with E-state index < -0.39 is 0 Å². The van der Waals surface area contributed by atoms with Gasteiger partial charge in [0.2, 0.25) is 0 Å². The molecule has 0 radical (unpaired) electrons. The predicted molar refractivity (Wildman–Crippen MR) is 64.7 cm³/mol. The highest BCUT2D eigenvalue weighted by molar-refractivity contribution is 4.69. The molecule has 0 bridgehead atoms. The number of likely N-dealkylation sites (tertiary alicyclic amines) is 1. The van der Waals surface area contributed by atoms with Crippen molar-refractivity contribution >= 4 is 0 Å². The van der Waals surface area contributed by atoms with Crippen molar-refractivity contribution in [3.05, 3.63) is 0 Å². The lowest BCUT2D eigenvalue weighted by Gasteiger charge is -2.28. The van der Waals surface area contributed by atoms with Gasteiger partial charge in [0.05, 0.1) is 6.10 Å². The molecule has 0 aromatic heterocycles. The molecule has 1 saturated heterocycles. The second kappa shape index (κ2) is 12.9. The van der Waals surface area contributed by atoms with Crippen LogP contribution >= 0.6 is 0 Å². The molecule has 88 valence electrons. The quantitative estimate of drug-likeness (QED) is 0.746. The van der Waals surface area contributed by atoms with Crippen molar-refractivity contribution in [2.45, 2.75) is 60.0 Å². The van der Waals surface area contributed by atoms with Gasteiger partial charge < -0.3 is 10.0 Å². The number of piperidine rings is 1. The molecule has 1 heterocycles. The Balaban J connectivity index is 0. The van der Waals surface area contributed by atoms with Crippen molar-refractivity contribution in [3.63, 3.8) is 0 Å². The zero-order chi connectivity index (χ0) is 11.4. The van der Waals surface area contributed by atoms with Crippen molar-refractivity contribution < 1.29 is 5.11 Å². The van der Waals surface area contributed by atoms with E-state index in [0.717, 1.165) is 25.9 Å². The summed E-state index contributed by atoms with van der Waals surface area (Å²) in [6, 6.07) is 0. The summed E-state index contributed by atoms with van der Waals surface area (Å²) in [7, 11) is 0. The first-order valence-corrected chi connectivity index (χ1v) is 6.23. The van der Waals surface area contributed by atoms with E-state index in [9.17, 15) is 0 Å². The molecule has 0 aromatic carbocycles. The molecule has 0 unspecified atom stereocenters. The molecule has 0 saturated carbocycles. The number of hydrogen-bond donors (Lipinski definition) is 1. The summed E-state index contributed by atoms with van der Waals surface area (Å²) in [5.74, 6) is 0. The molecule has 1 rings (SSSR count). The molecule has 0 amide bonds. The largest absolute Gasteiger partial charge is 0.393 e. The molecule has 0 aromatic rings. The van der Waals surface area contributed by atoms with Gasteiger partial charge in [-0.1, -0.05) is 34.6 Å². The maximum atomic E-state index is 9.17. The van der Waals surface area contributed by atoms with Crippen molar-refractivity contribution in [1.82, 2.24) is 4.90 Å². The van der Waals surface area contributed by atoms with E-state index in [4.69, 9.17) is 5.11 Å². The summed E-state index contributed by atoms with van der Waals surface area (Å²) in [6.45, 7) is 13.6. The van der Waals surface area contributed by atoms with Crippen LogP contribution in [0.1, 0.15) is 53.9 Å². The lowest BCUT2D eigenvalue weighted by atomic mass is 10.1. The molecule has 2 nitrogen and oxygen atoms in total. The zero-order valence-electron chi connectivity index (χ0n) is 10.7. The topological polar surface area (TPSA) is 23.5 Å². The standard InChI is InChI=1S/C8H17NO.2C2H6/c1-2-5-9-6-3-8(10)4-7-9;2*1-2/h8,10H,2-7H2,1H3;2*1-2H3. The summed E-state index contributed by atoms with van der Waals surface area (Å²) in [5, 5.41) is 9.17. The summed E-state index contributed by atoms with van der Waals surface area (Å²) < 4.78 is 0. The fourth-order valence-electron chi connectivity index (χ4n) is 1.46. The van der Waals surface area contributed by atoms with Gasteiger partial charge in [-0.15, -0.1) is 0 Å². The number of nitrogens with zero attached hydrogens (tertiary/aromatic N) is 1. The Hall–Kier alpha value is -0.0800. The number of rotatable bonds is 2. The Morgan fingerprint density at radius 3 is 1.86 bits per heavy atom. The van der Waals surface area contributed by atoms with Crippen LogP contribution in [0.25, 0.3) is 0 Å². The van der Waals surface area contributed by atoms with Crippen molar-refractivity contribution in [3.8, 4) is 0 Å². The molecular weight excluding hydrogens is 174 g/mol. The number of aliphatic hydroxyl groups excluding tert-OH is 1. The third-order valence-corrected chi connectivity index (χ3v) is 2.10. The van der Waals surface area contributed by atoms with E-state index in [1.807, 2.05) is 27.7 Å². The Morgan fingerprint density at radius 2 is 1.50 bits per heavy atom. The third-order valence-electron chi connectivity index (χ3n) is 2.10. The monoisotopic (exact) mass is 203 g/mol. The van der Waals surface area contributed by atoms with Crippen molar-refractivity contribution in [1.29, 1.82) is 0 Å².